The van der Waals surface area contributed by atoms with Gasteiger partial charge in [-0.05, 0) is 55.7 Å². The minimum Gasteiger partial charge on any atom is -0.496 e. The molecule has 1 aliphatic rings. The Labute approximate surface area is 130 Å². The van der Waals surface area contributed by atoms with E-state index in [1.54, 1.807) is 7.11 Å². The Bertz CT molecular complexity index is 493. The molecule has 0 heterocycles. The number of aryl methyl sites for hydroxylation is 1. The summed E-state index contributed by atoms with van der Waals surface area (Å²) in [4.78, 5) is 0. The molecular weight excluding hydrogens is 258 g/mol. The minimum atomic E-state index is 0.391. The molecule has 2 nitrogen and oxygen atoms in total. The second-order valence-corrected chi connectivity index (χ2v) is 7.15. The lowest BCUT2D eigenvalue weighted by atomic mass is 9.75. The third kappa shape index (κ3) is 3.11. The Morgan fingerprint density at radius 2 is 2.05 bits per heavy atom. The number of benzene rings is 1. The molecule has 1 saturated carbocycles. The van der Waals surface area contributed by atoms with Crippen LogP contribution in [0.2, 0.25) is 0 Å². The molecular formula is C19H31NO. The van der Waals surface area contributed by atoms with Gasteiger partial charge in [-0.25, -0.2) is 0 Å². The first-order chi connectivity index (χ1) is 9.92. The molecule has 1 N–H and O–H groups in total. The molecule has 0 aliphatic heterocycles. The molecule has 2 heteroatoms. The van der Waals surface area contributed by atoms with Gasteiger partial charge in [-0.15, -0.1) is 0 Å². The monoisotopic (exact) mass is 289 g/mol. The van der Waals surface area contributed by atoms with Crippen LogP contribution in [-0.2, 0) is 0 Å². The van der Waals surface area contributed by atoms with Crippen LogP contribution in [0.5, 0.6) is 5.75 Å². The molecule has 0 aromatic heterocycles. The maximum atomic E-state index is 5.77. The van der Waals surface area contributed by atoms with Crippen molar-refractivity contribution in [1.82, 2.24) is 5.32 Å². The number of nitrogens with one attached hydrogen (secondary N) is 1. The van der Waals surface area contributed by atoms with Gasteiger partial charge in [0.1, 0.15) is 5.75 Å². The molecule has 0 amide bonds. The van der Waals surface area contributed by atoms with E-state index in [2.05, 4.69) is 52.1 Å². The molecule has 1 aromatic carbocycles. The Kier molecular flexibility index (Phi) is 4.98. The van der Waals surface area contributed by atoms with Crippen molar-refractivity contribution in [1.29, 1.82) is 0 Å². The van der Waals surface area contributed by atoms with Crippen molar-refractivity contribution in [3.8, 4) is 5.75 Å². The molecule has 1 aliphatic carbocycles. The van der Waals surface area contributed by atoms with Gasteiger partial charge in [-0.1, -0.05) is 39.3 Å². The first-order valence-corrected chi connectivity index (χ1v) is 8.29. The van der Waals surface area contributed by atoms with Crippen LogP contribution in [0.3, 0.4) is 0 Å². The lowest BCUT2D eigenvalue weighted by Gasteiger charge is -2.36. The summed E-state index contributed by atoms with van der Waals surface area (Å²) in [5.74, 6) is 1.75. The highest BCUT2D eigenvalue weighted by Crippen LogP contribution is 2.50. The maximum absolute atomic E-state index is 5.77. The van der Waals surface area contributed by atoms with Crippen LogP contribution in [0.15, 0.2) is 12.1 Å². The summed E-state index contributed by atoms with van der Waals surface area (Å²) >= 11 is 0. The molecule has 2 unspecified atom stereocenters. The summed E-state index contributed by atoms with van der Waals surface area (Å²) in [6.07, 6.45) is 3.97. The molecule has 0 radical (unpaired) electrons. The highest BCUT2D eigenvalue weighted by molar-refractivity contribution is 5.47. The van der Waals surface area contributed by atoms with Crippen LogP contribution >= 0.6 is 0 Å². The standard InChI is InChI=1S/C19H31NO/c1-7-20-17(16-9-8-12-19(16,4)5)15-11-10-13(2)14(3)18(15)21-6/h10-11,16-17,20H,7-9,12H2,1-6H3. The quantitative estimate of drug-likeness (QED) is 0.841. The highest BCUT2D eigenvalue weighted by Gasteiger charge is 2.40. The highest BCUT2D eigenvalue weighted by atomic mass is 16.5. The van der Waals surface area contributed by atoms with E-state index in [0.29, 0.717) is 17.4 Å². The smallest absolute Gasteiger partial charge is 0.126 e. The van der Waals surface area contributed by atoms with Crippen LogP contribution < -0.4 is 10.1 Å². The summed E-state index contributed by atoms with van der Waals surface area (Å²) < 4.78 is 5.77. The predicted octanol–water partition coefficient (Wildman–Crippen LogP) is 4.79. The van der Waals surface area contributed by atoms with Gasteiger partial charge >= 0.3 is 0 Å². The van der Waals surface area contributed by atoms with E-state index in [1.165, 1.54) is 36.0 Å². The molecule has 1 aromatic rings. The van der Waals surface area contributed by atoms with E-state index in [1.807, 2.05) is 0 Å². The zero-order valence-corrected chi connectivity index (χ0v) is 14.5. The number of hydrogen-bond donors (Lipinski definition) is 1. The molecule has 21 heavy (non-hydrogen) atoms. The Balaban J connectivity index is 2.46. The third-order valence-electron chi connectivity index (χ3n) is 5.41. The van der Waals surface area contributed by atoms with Gasteiger partial charge in [-0.2, -0.15) is 0 Å². The molecule has 2 rings (SSSR count). The first kappa shape index (κ1) is 16.4. The van der Waals surface area contributed by atoms with Gasteiger partial charge in [0.05, 0.1) is 7.11 Å². The minimum absolute atomic E-state index is 0.391. The van der Waals surface area contributed by atoms with E-state index in [0.717, 1.165) is 12.3 Å². The fourth-order valence-corrected chi connectivity index (χ4v) is 3.99. The fourth-order valence-electron chi connectivity index (χ4n) is 3.99. The van der Waals surface area contributed by atoms with E-state index >= 15 is 0 Å². The van der Waals surface area contributed by atoms with Crippen LogP contribution in [-0.4, -0.2) is 13.7 Å². The number of methoxy groups -OCH3 is 1. The van der Waals surface area contributed by atoms with Crippen LogP contribution in [0.4, 0.5) is 0 Å². The number of ether oxygens (including phenoxy) is 1. The second-order valence-electron chi connectivity index (χ2n) is 7.15. The Morgan fingerprint density at radius 3 is 2.57 bits per heavy atom. The molecule has 2 atom stereocenters. The number of rotatable bonds is 5. The van der Waals surface area contributed by atoms with Crippen LogP contribution in [0.1, 0.15) is 62.8 Å². The van der Waals surface area contributed by atoms with Crippen molar-refractivity contribution in [3.05, 3.63) is 28.8 Å². The lowest BCUT2D eigenvalue weighted by molar-refractivity contribution is 0.196. The van der Waals surface area contributed by atoms with Gasteiger partial charge < -0.3 is 10.1 Å². The van der Waals surface area contributed by atoms with Gasteiger partial charge in [0.15, 0.2) is 0 Å². The predicted molar refractivity (Wildman–Crippen MR) is 90.0 cm³/mol. The number of hydrogen-bond acceptors (Lipinski definition) is 2. The first-order valence-electron chi connectivity index (χ1n) is 8.29. The molecule has 1 fully saturated rings. The zero-order chi connectivity index (χ0) is 15.6. The molecule has 0 spiro atoms. The van der Waals surface area contributed by atoms with Gasteiger partial charge in [0.25, 0.3) is 0 Å². The van der Waals surface area contributed by atoms with Gasteiger partial charge in [0, 0.05) is 11.6 Å². The summed E-state index contributed by atoms with van der Waals surface area (Å²) in [5, 5.41) is 3.74. The largest absolute Gasteiger partial charge is 0.496 e. The Hall–Kier alpha value is -1.02. The SMILES string of the molecule is CCNC(c1ccc(C)c(C)c1OC)C1CCCC1(C)C. The van der Waals surface area contributed by atoms with E-state index in [4.69, 9.17) is 4.74 Å². The normalized spacial score (nSPS) is 22.3. The zero-order valence-electron chi connectivity index (χ0n) is 14.5. The summed E-state index contributed by atoms with van der Waals surface area (Å²) in [7, 11) is 1.80. The Morgan fingerprint density at radius 1 is 1.33 bits per heavy atom. The average Bonchev–Trinajstić information content (AvgIpc) is 2.79. The van der Waals surface area contributed by atoms with E-state index < -0.39 is 0 Å². The van der Waals surface area contributed by atoms with Gasteiger partial charge in [-0.3, -0.25) is 0 Å². The summed E-state index contributed by atoms with van der Waals surface area (Å²) in [5.41, 5.74) is 4.31. The van der Waals surface area contributed by atoms with Gasteiger partial charge in [0.2, 0.25) is 0 Å². The topological polar surface area (TPSA) is 21.3 Å². The van der Waals surface area contributed by atoms with E-state index in [-0.39, 0.29) is 0 Å². The van der Waals surface area contributed by atoms with Crippen molar-refractivity contribution in [2.24, 2.45) is 11.3 Å². The average molecular weight is 289 g/mol. The lowest BCUT2D eigenvalue weighted by Crippen LogP contribution is -2.34. The van der Waals surface area contributed by atoms with Crippen molar-refractivity contribution < 1.29 is 4.74 Å². The summed E-state index contributed by atoms with van der Waals surface area (Å²) in [6.45, 7) is 12.4. The summed E-state index contributed by atoms with van der Waals surface area (Å²) in [6, 6.07) is 4.89. The van der Waals surface area contributed by atoms with E-state index in [9.17, 15) is 0 Å². The molecule has 0 saturated heterocycles. The van der Waals surface area contributed by atoms with Crippen molar-refractivity contribution >= 4 is 0 Å². The van der Waals surface area contributed by atoms with Crippen molar-refractivity contribution in [3.63, 3.8) is 0 Å². The fraction of sp³-hybridized carbons (Fsp3) is 0.684. The molecule has 0 bridgehead atoms. The maximum Gasteiger partial charge on any atom is 0.126 e. The van der Waals surface area contributed by atoms with Crippen molar-refractivity contribution in [2.75, 3.05) is 13.7 Å². The second kappa shape index (κ2) is 6.39. The molecule has 118 valence electrons. The van der Waals surface area contributed by atoms with Crippen LogP contribution in [0, 0.1) is 25.2 Å². The van der Waals surface area contributed by atoms with Crippen LogP contribution in [0.25, 0.3) is 0 Å². The van der Waals surface area contributed by atoms with Crippen molar-refractivity contribution in [2.45, 2.75) is 59.9 Å². The third-order valence-corrected chi connectivity index (χ3v) is 5.41.